The highest BCUT2D eigenvalue weighted by Gasteiger charge is 2.42. The van der Waals surface area contributed by atoms with Crippen molar-refractivity contribution in [2.24, 2.45) is 0 Å². The summed E-state index contributed by atoms with van der Waals surface area (Å²) in [6.45, 7) is 7.47. The van der Waals surface area contributed by atoms with Crippen LogP contribution in [-0.2, 0) is 4.74 Å². The second-order valence-electron chi connectivity index (χ2n) is 9.76. The Kier molecular flexibility index (Phi) is 6.51. The Morgan fingerprint density at radius 1 is 0.947 bits per heavy atom. The average molecular weight is 526 g/mol. The highest BCUT2D eigenvalue weighted by atomic mass is 32.1. The zero-order valence-electron chi connectivity index (χ0n) is 21.5. The Bertz CT molecular complexity index is 1450. The Hall–Kier alpha value is -3.88. The van der Waals surface area contributed by atoms with Gasteiger partial charge in [0.05, 0.1) is 36.7 Å². The van der Waals surface area contributed by atoms with E-state index < -0.39 is 0 Å². The molecule has 2 atom stereocenters. The van der Waals surface area contributed by atoms with Gasteiger partial charge >= 0.3 is 0 Å². The van der Waals surface area contributed by atoms with Crippen LogP contribution in [0.4, 0.5) is 11.4 Å². The Morgan fingerprint density at radius 3 is 2.37 bits per heavy atom. The van der Waals surface area contributed by atoms with Crippen LogP contribution in [0, 0.1) is 13.8 Å². The van der Waals surface area contributed by atoms with Crippen LogP contribution >= 0.6 is 12.2 Å². The largest absolute Gasteiger partial charge is 0.506 e. The number of nitrogens with zero attached hydrogens (tertiary/aromatic N) is 4. The molecule has 0 saturated carbocycles. The summed E-state index contributed by atoms with van der Waals surface area (Å²) in [6.07, 6.45) is 1.82. The molecule has 2 aromatic heterocycles. The lowest BCUT2D eigenvalue weighted by Gasteiger charge is -2.31. The maximum absolute atomic E-state index is 10.6. The van der Waals surface area contributed by atoms with Crippen molar-refractivity contribution in [1.82, 2.24) is 14.9 Å². The summed E-state index contributed by atoms with van der Waals surface area (Å²) in [4.78, 5) is 9.24. The van der Waals surface area contributed by atoms with Gasteiger partial charge in [-0.25, -0.2) is 0 Å². The maximum Gasteiger partial charge on any atom is 0.174 e. The van der Waals surface area contributed by atoms with Crippen molar-refractivity contribution in [3.8, 4) is 11.4 Å². The fourth-order valence-electron chi connectivity index (χ4n) is 5.71. The van der Waals surface area contributed by atoms with Crippen LogP contribution in [0.2, 0.25) is 0 Å². The zero-order valence-corrected chi connectivity index (χ0v) is 22.4. The lowest BCUT2D eigenvalue weighted by molar-refractivity contribution is 0.122. The lowest BCUT2D eigenvalue weighted by atomic mass is 9.96. The number of anilines is 2. The van der Waals surface area contributed by atoms with Crippen LogP contribution in [0.3, 0.4) is 0 Å². The van der Waals surface area contributed by atoms with Gasteiger partial charge in [0, 0.05) is 42.0 Å². The number of hydrogen-bond donors (Lipinski definition) is 2. The van der Waals surface area contributed by atoms with Crippen molar-refractivity contribution < 1.29 is 9.84 Å². The second-order valence-corrected chi connectivity index (χ2v) is 10.1. The van der Waals surface area contributed by atoms with Crippen molar-refractivity contribution in [3.05, 3.63) is 102 Å². The van der Waals surface area contributed by atoms with E-state index in [1.165, 1.54) is 5.69 Å². The molecule has 0 aliphatic carbocycles. The SMILES string of the molecule is Cc1cc([C@H]2[C@H](c3ccccn3)NC(=S)N2c2ccc(N3CCOCC3)cc2)c(C)n1-c1ccccc1O. The van der Waals surface area contributed by atoms with E-state index in [4.69, 9.17) is 21.9 Å². The molecule has 0 bridgehead atoms. The number of aromatic hydroxyl groups is 1. The predicted molar refractivity (Wildman–Crippen MR) is 154 cm³/mol. The van der Waals surface area contributed by atoms with Crippen LogP contribution in [0.1, 0.15) is 34.7 Å². The molecule has 2 N–H and O–H groups in total. The number of morpholine rings is 1. The first-order valence-corrected chi connectivity index (χ1v) is 13.3. The van der Waals surface area contributed by atoms with E-state index in [9.17, 15) is 5.11 Å². The molecule has 2 aliphatic heterocycles. The van der Waals surface area contributed by atoms with Crippen LogP contribution in [0.25, 0.3) is 5.69 Å². The highest BCUT2D eigenvalue weighted by molar-refractivity contribution is 7.80. The van der Waals surface area contributed by atoms with Gasteiger partial charge in [0.15, 0.2) is 5.11 Å². The molecular weight excluding hydrogens is 494 g/mol. The van der Waals surface area contributed by atoms with E-state index in [-0.39, 0.29) is 17.8 Å². The molecule has 0 unspecified atom stereocenters. The maximum atomic E-state index is 10.6. The normalized spacial score (nSPS) is 19.6. The van der Waals surface area contributed by atoms with Gasteiger partial charge in [-0.15, -0.1) is 0 Å². The number of aromatic nitrogens is 2. The topological polar surface area (TPSA) is 65.8 Å². The third-order valence-electron chi connectivity index (χ3n) is 7.51. The van der Waals surface area contributed by atoms with Crippen molar-refractivity contribution in [2.45, 2.75) is 25.9 Å². The van der Waals surface area contributed by atoms with Crippen LogP contribution < -0.4 is 15.1 Å². The van der Waals surface area contributed by atoms with E-state index in [2.05, 4.69) is 63.9 Å². The van der Waals surface area contributed by atoms with E-state index in [1.807, 2.05) is 42.6 Å². The molecule has 2 saturated heterocycles. The average Bonchev–Trinajstić information content (AvgIpc) is 3.45. The number of para-hydroxylation sites is 2. The smallest absolute Gasteiger partial charge is 0.174 e. The standard InChI is InChI=1S/C30H31N5O2S/c1-20-19-24(21(2)34(20)26-8-3-4-9-27(26)36)29-28(25-7-5-6-14-31-25)32-30(38)35(29)23-12-10-22(11-13-23)33-15-17-37-18-16-33/h3-14,19,28-29,36H,15-18H2,1-2H3,(H,32,38)/t28-,29-/m0/s1. The predicted octanol–water partition coefficient (Wildman–Crippen LogP) is 5.21. The first-order valence-electron chi connectivity index (χ1n) is 12.9. The van der Waals surface area contributed by atoms with Gasteiger partial charge in [0.25, 0.3) is 0 Å². The van der Waals surface area contributed by atoms with Gasteiger partial charge in [-0.2, -0.15) is 0 Å². The minimum absolute atomic E-state index is 0.127. The van der Waals surface area contributed by atoms with E-state index in [1.54, 1.807) is 6.07 Å². The second kappa shape index (κ2) is 10.1. The Labute approximate surface area is 228 Å². The molecule has 7 nitrogen and oxygen atoms in total. The third kappa shape index (κ3) is 4.29. The summed E-state index contributed by atoms with van der Waals surface area (Å²) >= 11 is 5.95. The number of nitrogens with one attached hydrogen (secondary N) is 1. The lowest BCUT2D eigenvalue weighted by Crippen LogP contribution is -2.36. The van der Waals surface area contributed by atoms with Crippen molar-refractivity contribution in [2.75, 3.05) is 36.1 Å². The van der Waals surface area contributed by atoms with E-state index >= 15 is 0 Å². The summed E-state index contributed by atoms with van der Waals surface area (Å²) in [7, 11) is 0. The molecule has 4 heterocycles. The highest BCUT2D eigenvalue weighted by Crippen LogP contribution is 2.44. The van der Waals surface area contributed by atoms with Gasteiger partial charge in [-0.1, -0.05) is 18.2 Å². The van der Waals surface area contributed by atoms with Crippen molar-refractivity contribution in [1.29, 1.82) is 0 Å². The Balaban J connectivity index is 1.44. The minimum Gasteiger partial charge on any atom is -0.506 e. The molecular formula is C30H31N5O2S. The molecule has 4 aromatic rings. The quantitative estimate of drug-likeness (QED) is 0.347. The van der Waals surface area contributed by atoms with Gasteiger partial charge < -0.3 is 29.5 Å². The number of phenols is 1. The minimum atomic E-state index is -0.138. The summed E-state index contributed by atoms with van der Waals surface area (Å²) < 4.78 is 7.63. The molecule has 38 heavy (non-hydrogen) atoms. The summed E-state index contributed by atoms with van der Waals surface area (Å²) in [6, 6.07) is 24.0. The number of aryl methyl sites for hydroxylation is 1. The summed E-state index contributed by atoms with van der Waals surface area (Å²) in [5, 5.41) is 14.9. The molecule has 0 radical (unpaired) electrons. The molecule has 6 rings (SSSR count). The monoisotopic (exact) mass is 525 g/mol. The molecule has 2 fully saturated rings. The van der Waals surface area contributed by atoms with Crippen molar-refractivity contribution >= 4 is 28.7 Å². The van der Waals surface area contributed by atoms with E-state index in [0.717, 1.165) is 60.3 Å². The molecule has 0 spiro atoms. The number of pyridine rings is 1. The summed E-state index contributed by atoms with van der Waals surface area (Å²) in [5.74, 6) is 0.248. The molecule has 2 aromatic carbocycles. The van der Waals surface area contributed by atoms with Gasteiger partial charge in [0.1, 0.15) is 5.75 Å². The number of thiocarbonyl (C=S) groups is 1. The molecule has 0 amide bonds. The third-order valence-corrected chi connectivity index (χ3v) is 7.83. The van der Waals surface area contributed by atoms with Crippen LogP contribution in [0.5, 0.6) is 5.75 Å². The van der Waals surface area contributed by atoms with Gasteiger partial charge in [0.2, 0.25) is 0 Å². The number of hydrogen-bond acceptors (Lipinski definition) is 5. The fourth-order valence-corrected chi connectivity index (χ4v) is 6.05. The van der Waals surface area contributed by atoms with E-state index in [0.29, 0.717) is 5.11 Å². The number of rotatable bonds is 5. The fraction of sp³-hybridized carbons (Fsp3) is 0.267. The Morgan fingerprint density at radius 2 is 1.66 bits per heavy atom. The van der Waals surface area contributed by atoms with Gasteiger partial charge in [-0.3, -0.25) is 4.98 Å². The molecule has 2 aliphatic rings. The number of benzene rings is 2. The van der Waals surface area contributed by atoms with Crippen LogP contribution in [-0.4, -0.2) is 46.1 Å². The summed E-state index contributed by atoms with van der Waals surface area (Å²) in [5.41, 5.74) is 7.13. The molecule has 8 heteroatoms. The van der Waals surface area contributed by atoms with Gasteiger partial charge in [-0.05, 0) is 86.2 Å². The molecule has 194 valence electrons. The van der Waals surface area contributed by atoms with Crippen LogP contribution in [0.15, 0.2) is 79.0 Å². The van der Waals surface area contributed by atoms with Crippen molar-refractivity contribution in [3.63, 3.8) is 0 Å². The first kappa shape index (κ1) is 24.5. The number of ether oxygens (including phenoxy) is 1. The number of phenolic OH excluding ortho intramolecular Hbond substituents is 1. The zero-order chi connectivity index (χ0) is 26.2. The first-order chi connectivity index (χ1) is 18.5.